The van der Waals surface area contributed by atoms with Gasteiger partial charge in [0.15, 0.2) is 5.13 Å². The highest BCUT2D eigenvalue weighted by molar-refractivity contribution is 7.17. The zero-order valence-corrected chi connectivity index (χ0v) is 15.3. The minimum atomic E-state index is -0.350. The Morgan fingerprint density at radius 2 is 1.76 bits per heavy atom. The molecule has 128 valence electrons. The number of thiazole rings is 1. The summed E-state index contributed by atoms with van der Waals surface area (Å²) in [5.41, 5.74) is 1.60. The van der Waals surface area contributed by atoms with Gasteiger partial charge < -0.3 is 10.6 Å². The van der Waals surface area contributed by atoms with Crippen molar-refractivity contribution >= 4 is 57.0 Å². The minimum absolute atomic E-state index is 0.322. The van der Waals surface area contributed by atoms with Crippen LogP contribution in [0.25, 0.3) is 0 Å². The number of rotatable bonds is 4. The van der Waals surface area contributed by atoms with E-state index < -0.39 is 0 Å². The maximum atomic E-state index is 13.0. The van der Waals surface area contributed by atoms with Crippen molar-refractivity contribution < 1.29 is 9.18 Å². The molecule has 3 aromatic rings. The number of hydrogen-bond donors (Lipinski definition) is 2. The van der Waals surface area contributed by atoms with Crippen LogP contribution in [0.1, 0.15) is 15.4 Å². The van der Waals surface area contributed by atoms with Crippen molar-refractivity contribution in [2.75, 3.05) is 10.6 Å². The number of nitrogens with zero attached hydrogens (tertiary/aromatic N) is 1. The molecule has 0 saturated carbocycles. The molecular formula is C17H12Cl2FN3OS. The van der Waals surface area contributed by atoms with Crippen LogP contribution in [0.4, 0.5) is 20.9 Å². The van der Waals surface area contributed by atoms with Gasteiger partial charge in [0.1, 0.15) is 10.7 Å². The highest BCUT2D eigenvalue weighted by atomic mass is 35.5. The lowest BCUT2D eigenvalue weighted by molar-refractivity contribution is 0.103. The van der Waals surface area contributed by atoms with E-state index in [0.29, 0.717) is 37.1 Å². The van der Waals surface area contributed by atoms with E-state index in [1.165, 1.54) is 23.5 Å². The second-order valence-electron chi connectivity index (χ2n) is 5.12. The van der Waals surface area contributed by atoms with Crippen molar-refractivity contribution in [3.8, 4) is 0 Å². The van der Waals surface area contributed by atoms with Gasteiger partial charge in [-0.15, -0.1) is 0 Å². The molecule has 2 N–H and O–H groups in total. The predicted octanol–water partition coefficient (Wildman–Crippen LogP) is 5.89. The van der Waals surface area contributed by atoms with Crippen LogP contribution in [0.15, 0.2) is 42.5 Å². The fourth-order valence-electron chi connectivity index (χ4n) is 2.10. The number of halogens is 3. The molecule has 0 aliphatic heterocycles. The number of aromatic nitrogens is 1. The molecule has 0 aliphatic carbocycles. The third-order valence-corrected chi connectivity index (χ3v) is 5.00. The molecule has 25 heavy (non-hydrogen) atoms. The van der Waals surface area contributed by atoms with Crippen molar-refractivity contribution in [3.63, 3.8) is 0 Å². The number of carbonyl (C=O) groups is 1. The molecule has 1 amide bonds. The van der Waals surface area contributed by atoms with Crippen LogP contribution in [-0.4, -0.2) is 10.9 Å². The number of amides is 1. The number of aryl methyl sites for hydroxylation is 1. The Bertz CT molecular complexity index is 908. The standard InChI is InChI=1S/C17H12Cl2FN3OS/c1-9-15(16(24)23-14-12(18)3-2-4-13(14)19)25-17(21-9)22-11-7-5-10(20)6-8-11/h2-8H,1H3,(H,21,22)(H,23,24). The first-order valence-corrected chi connectivity index (χ1v) is 8.76. The maximum Gasteiger partial charge on any atom is 0.267 e. The first kappa shape index (κ1) is 17.7. The van der Waals surface area contributed by atoms with Gasteiger partial charge in [-0.1, -0.05) is 40.6 Å². The summed E-state index contributed by atoms with van der Waals surface area (Å²) in [6.45, 7) is 1.73. The van der Waals surface area contributed by atoms with Crippen LogP contribution in [-0.2, 0) is 0 Å². The third kappa shape index (κ3) is 4.10. The molecule has 0 bridgehead atoms. The molecule has 0 atom stereocenters. The van der Waals surface area contributed by atoms with Crippen LogP contribution in [0.5, 0.6) is 0 Å². The number of hydrogen-bond acceptors (Lipinski definition) is 4. The van der Waals surface area contributed by atoms with E-state index in [1.807, 2.05) is 0 Å². The first-order chi connectivity index (χ1) is 11.9. The number of anilines is 3. The number of benzene rings is 2. The Morgan fingerprint density at radius 3 is 2.40 bits per heavy atom. The van der Waals surface area contributed by atoms with E-state index in [-0.39, 0.29) is 11.7 Å². The summed E-state index contributed by atoms with van der Waals surface area (Å²) in [7, 11) is 0. The number of nitrogens with one attached hydrogen (secondary N) is 2. The smallest absolute Gasteiger partial charge is 0.267 e. The molecule has 2 aromatic carbocycles. The predicted molar refractivity (Wildman–Crippen MR) is 101 cm³/mol. The summed E-state index contributed by atoms with van der Waals surface area (Å²) >= 11 is 13.3. The zero-order chi connectivity index (χ0) is 18.0. The summed E-state index contributed by atoms with van der Waals surface area (Å²) in [4.78, 5) is 17.3. The maximum absolute atomic E-state index is 13.0. The Hall–Kier alpha value is -2.15. The fraction of sp³-hybridized carbons (Fsp3) is 0.0588. The van der Waals surface area contributed by atoms with E-state index in [9.17, 15) is 9.18 Å². The average Bonchev–Trinajstić information content (AvgIpc) is 2.94. The van der Waals surface area contributed by atoms with Crippen LogP contribution in [0.3, 0.4) is 0 Å². The van der Waals surface area contributed by atoms with Crippen LogP contribution < -0.4 is 10.6 Å². The number of para-hydroxylation sites is 1. The van der Waals surface area contributed by atoms with Crippen molar-refractivity contribution in [2.45, 2.75) is 6.92 Å². The molecule has 0 fully saturated rings. The van der Waals surface area contributed by atoms with Crippen LogP contribution >= 0.6 is 34.5 Å². The minimum Gasteiger partial charge on any atom is -0.332 e. The van der Waals surface area contributed by atoms with E-state index in [4.69, 9.17) is 23.2 Å². The zero-order valence-electron chi connectivity index (χ0n) is 12.9. The fourth-order valence-corrected chi connectivity index (χ4v) is 3.48. The second kappa shape index (κ2) is 7.39. The second-order valence-corrected chi connectivity index (χ2v) is 6.93. The molecule has 3 rings (SSSR count). The molecule has 8 heteroatoms. The SMILES string of the molecule is Cc1nc(Nc2ccc(F)cc2)sc1C(=O)Nc1c(Cl)cccc1Cl. The molecule has 1 heterocycles. The average molecular weight is 396 g/mol. The van der Waals surface area contributed by atoms with Crippen LogP contribution in [0, 0.1) is 12.7 Å². The lowest BCUT2D eigenvalue weighted by Crippen LogP contribution is -2.12. The van der Waals surface area contributed by atoms with Crippen molar-refractivity contribution in [3.05, 3.63) is 68.9 Å². The van der Waals surface area contributed by atoms with Gasteiger partial charge >= 0.3 is 0 Å². The van der Waals surface area contributed by atoms with Gasteiger partial charge in [0.05, 0.1) is 21.4 Å². The highest BCUT2D eigenvalue weighted by Gasteiger charge is 2.18. The van der Waals surface area contributed by atoms with E-state index in [0.717, 1.165) is 0 Å². The molecule has 0 spiro atoms. The largest absolute Gasteiger partial charge is 0.332 e. The van der Waals surface area contributed by atoms with Gasteiger partial charge in [-0.05, 0) is 43.3 Å². The molecule has 0 radical (unpaired) electrons. The summed E-state index contributed by atoms with van der Waals surface area (Å²) in [6, 6.07) is 10.9. The quantitative estimate of drug-likeness (QED) is 0.578. The Balaban J connectivity index is 1.80. The normalized spacial score (nSPS) is 10.6. The summed E-state index contributed by atoms with van der Waals surface area (Å²) in [5.74, 6) is -0.672. The summed E-state index contributed by atoms with van der Waals surface area (Å²) < 4.78 is 13.0. The molecule has 1 aromatic heterocycles. The van der Waals surface area contributed by atoms with Gasteiger partial charge in [-0.25, -0.2) is 9.37 Å². The molecule has 0 unspecified atom stereocenters. The first-order valence-electron chi connectivity index (χ1n) is 7.19. The highest BCUT2D eigenvalue weighted by Crippen LogP contribution is 2.32. The summed E-state index contributed by atoms with van der Waals surface area (Å²) in [6.07, 6.45) is 0. The Morgan fingerprint density at radius 1 is 1.12 bits per heavy atom. The number of carbonyl (C=O) groups excluding carboxylic acids is 1. The lowest BCUT2D eigenvalue weighted by Gasteiger charge is -2.08. The summed E-state index contributed by atoms with van der Waals surface area (Å²) in [5, 5.41) is 6.99. The van der Waals surface area contributed by atoms with Crippen molar-refractivity contribution in [1.29, 1.82) is 0 Å². The van der Waals surface area contributed by atoms with Gasteiger partial charge in [0.25, 0.3) is 5.91 Å². The monoisotopic (exact) mass is 395 g/mol. The van der Waals surface area contributed by atoms with Gasteiger partial charge in [0.2, 0.25) is 0 Å². The Labute approximate surface area is 157 Å². The van der Waals surface area contributed by atoms with E-state index >= 15 is 0 Å². The van der Waals surface area contributed by atoms with Crippen molar-refractivity contribution in [1.82, 2.24) is 4.98 Å². The van der Waals surface area contributed by atoms with E-state index in [1.54, 1.807) is 37.3 Å². The Kier molecular flexibility index (Phi) is 5.22. The van der Waals surface area contributed by atoms with Crippen LogP contribution in [0.2, 0.25) is 10.0 Å². The van der Waals surface area contributed by atoms with Crippen molar-refractivity contribution in [2.24, 2.45) is 0 Å². The topological polar surface area (TPSA) is 54.0 Å². The van der Waals surface area contributed by atoms with E-state index in [2.05, 4.69) is 15.6 Å². The molecular weight excluding hydrogens is 384 g/mol. The molecule has 0 saturated heterocycles. The van der Waals surface area contributed by atoms with Gasteiger partial charge in [-0.2, -0.15) is 0 Å². The van der Waals surface area contributed by atoms with Gasteiger partial charge in [-0.3, -0.25) is 4.79 Å². The third-order valence-electron chi connectivity index (χ3n) is 3.30. The molecule has 0 aliphatic rings. The molecule has 4 nitrogen and oxygen atoms in total. The van der Waals surface area contributed by atoms with Gasteiger partial charge in [0, 0.05) is 5.69 Å². The lowest BCUT2D eigenvalue weighted by atomic mass is 10.3.